The van der Waals surface area contributed by atoms with Crippen LogP contribution >= 0.6 is 11.6 Å². The number of halogens is 1. The molecule has 2 rings (SSSR count). The van der Waals surface area contributed by atoms with E-state index in [-0.39, 0.29) is 15.6 Å². The van der Waals surface area contributed by atoms with Crippen molar-refractivity contribution in [3.63, 3.8) is 0 Å². The molecule has 1 aliphatic rings. The predicted molar refractivity (Wildman–Crippen MR) is 81.6 cm³/mol. The van der Waals surface area contributed by atoms with E-state index < -0.39 is 0 Å². The number of likely N-dealkylation sites (N-methyl/N-ethyl adjacent to an activating group) is 1. The number of nitrogens with zero attached hydrogens (tertiary/aromatic N) is 3. The van der Waals surface area contributed by atoms with Gasteiger partial charge < -0.3 is 4.90 Å². The second kappa shape index (κ2) is 6.41. The normalized spacial score (nSPS) is 18.8. The first-order valence-electron chi connectivity index (χ1n) is 7.00. The first kappa shape index (κ1) is 15.1. The van der Waals surface area contributed by atoms with Crippen molar-refractivity contribution in [2.24, 2.45) is 0 Å². The molecular formula is C14H20ClN3O2. The summed E-state index contributed by atoms with van der Waals surface area (Å²) in [7, 11) is 0. The molecule has 0 N–H and O–H groups in total. The van der Waals surface area contributed by atoms with Crippen molar-refractivity contribution in [2.75, 3.05) is 31.1 Å². The Morgan fingerprint density at radius 3 is 2.75 bits per heavy atom. The van der Waals surface area contributed by atoms with Crippen molar-refractivity contribution >= 4 is 23.0 Å². The van der Waals surface area contributed by atoms with Crippen molar-refractivity contribution in [2.45, 2.75) is 26.3 Å². The lowest BCUT2D eigenvalue weighted by Crippen LogP contribution is -2.37. The minimum Gasteiger partial charge on any atom is -0.364 e. The van der Waals surface area contributed by atoms with Crippen LogP contribution in [-0.2, 0) is 0 Å². The fourth-order valence-electron chi connectivity index (χ4n) is 2.94. The van der Waals surface area contributed by atoms with Gasteiger partial charge in [0.1, 0.15) is 10.7 Å². The van der Waals surface area contributed by atoms with E-state index in [0.29, 0.717) is 11.7 Å². The molecule has 20 heavy (non-hydrogen) atoms. The first-order chi connectivity index (χ1) is 9.58. The molecule has 1 heterocycles. The van der Waals surface area contributed by atoms with Crippen molar-refractivity contribution in [1.29, 1.82) is 0 Å². The minimum atomic E-state index is -0.387. The zero-order valence-corrected chi connectivity index (χ0v) is 12.6. The molecule has 6 heteroatoms. The summed E-state index contributed by atoms with van der Waals surface area (Å²) in [4.78, 5) is 15.3. The van der Waals surface area contributed by atoms with E-state index >= 15 is 0 Å². The lowest BCUT2D eigenvalue weighted by Gasteiger charge is -2.26. The van der Waals surface area contributed by atoms with Crippen molar-refractivity contribution in [3.05, 3.63) is 33.3 Å². The number of nitro groups is 1. The summed E-state index contributed by atoms with van der Waals surface area (Å²) in [6.45, 7) is 7.96. The molecule has 5 nitrogen and oxygen atoms in total. The number of hydrogen-bond acceptors (Lipinski definition) is 4. The Labute approximate surface area is 124 Å². The van der Waals surface area contributed by atoms with Crippen LogP contribution in [0.5, 0.6) is 0 Å². The van der Waals surface area contributed by atoms with E-state index in [2.05, 4.69) is 23.6 Å². The Morgan fingerprint density at radius 2 is 2.15 bits per heavy atom. The van der Waals surface area contributed by atoms with Crippen LogP contribution in [-0.4, -0.2) is 42.0 Å². The third-order valence-electron chi connectivity index (χ3n) is 3.98. The van der Waals surface area contributed by atoms with E-state index in [0.717, 1.165) is 32.6 Å². The molecule has 1 aromatic carbocycles. The topological polar surface area (TPSA) is 49.6 Å². The average Bonchev–Trinajstić information content (AvgIpc) is 2.89. The summed E-state index contributed by atoms with van der Waals surface area (Å²) in [6, 6.07) is 5.59. The molecular weight excluding hydrogens is 278 g/mol. The minimum absolute atomic E-state index is 0.0226. The molecule has 1 aromatic rings. The van der Waals surface area contributed by atoms with Crippen molar-refractivity contribution in [3.8, 4) is 0 Å². The van der Waals surface area contributed by atoms with Gasteiger partial charge in [-0.25, -0.2) is 0 Å². The molecule has 0 amide bonds. The highest BCUT2D eigenvalue weighted by Crippen LogP contribution is 2.36. The Balaban J connectivity index is 2.22. The smallest absolute Gasteiger partial charge is 0.310 e. The van der Waals surface area contributed by atoms with Crippen LogP contribution in [0.3, 0.4) is 0 Å². The van der Waals surface area contributed by atoms with E-state index in [1.165, 1.54) is 0 Å². The molecule has 110 valence electrons. The molecule has 0 bridgehead atoms. The van der Waals surface area contributed by atoms with Crippen molar-refractivity contribution < 1.29 is 4.92 Å². The zero-order valence-electron chi connectivity index (χ0n) is 11.9. The summed E-state index contributed by atoms with van der Waals surface area (Å²) in [5, 5.41) is 11.4. The average molecular weight is 298 g/mol. The molecule has 0 radical (unpaired) electrons. The molecule has 1 unspecified atom stereocenters. The maximum Gasteiger partial charge on any atom is 0.310 e. The van der Waals surface area contributed by atoms with Crippen LogP contribution in [0.15, 0.2) is 18.2 Å². The molecule has 1 fully saturated rings. The zero-order chi connectivity index (χ0) is 14.7. The van der Waals surface area contributed by atoms with Crippen LogP contribution < -0.4 is 4.90 Å². The number of anilines is 1. The highest BCUT2D eigenvalue weighted by Gasteiger charge is 2.31. The van der Waals surface area contributed by atoms with Crippen LogP contribution in [0.25, 0.3) is 0 Å². The highest BCUT2D eigenvalue weighted by atomic mass is 35.5. The molecule has 0 spiro atoms. The Hall–Kier alpha value is -1.33. The fourth-order valence-corrected chi connectivity index (χ4v) is 3.18. The summed E-state index contributed by atoms with van der Waals surface area (Å²) in [6.07, 6.45) is 1.03. The number of para-hydroxylation sites is 1. The SMILES string of the molecule is CCN(CC)C1CCN(c2cccc(Cl)c2[N+](=O)[O-])C1. The third-order valence-corrected chi connectivity index (χ3v) is 4.29. The molecule has 0 saturated carbocycles. The molecule has 1 atom stereocenters. The van der Waals surface area contributed by atoms with Crippen LogP contribution in [0, 0.1) is 10.1 Å². The number of nitro benzene ring substituents is 1. The summed E-state index contributed by atoms with van der Waals surface area (Å²) in [5.74, 6) is 0. The largest absolute Gasteiger partial charge is 0.364 e. The van der Waals surface area contributed by atoms with Crippen molar-refractivity contribution in [1.82, 2.24) is 4.90 Å². The van der Waals surface area contributed by atoms with Gasteiger partial charge in [0.15, 0.2) is 0 Å². The standard InChI is InChI=1S/C14H20ClN3O2/c1-3-16(4-2)11-8-9-17(10-11)13-7-5-6-12(15)14(13)18(19)20/h5-7,11H,3-4,8-10H2,1-2H3. The van der Waals surface area contributed by atoms with Gasteiger partial charge in [-0.3, -0.25) is 15.0 Å². The maximum atomic E-state index is 11.2. The maximum absolute atomic E-state index is 11.2. The van der Waals surface area contributed by atoms with Gasteiger partial charge in [0, 0.05) is 19.1 Å². The van der Waals surface area contributed by atoms with E-state index in [1.54, 1.807) is 18.2 Å². The predicted octanol–water partition coefficient (Wildman–Crippen LogP) is 3.17. The lowest BCUT2D eigenvalue weighted by atomic mass is 10.2. The second-order valence-electron chi connectivity index (χ2n) is 4.97. The quantitative estimate of drug-likeness (QED) is 0.619. The van der Waals surface area contributed by atoms with Crippen LogP contribution in [0.4, 0.5) is 11.4 Å². The Bertz CT molecular complexity index is 491. The van der Waals surface area contributed by atoms with Gasteiger partial charge in [0.05, 0.1) is 4.92 Å². The van der Waals surface area contributed by atoms with E-state index in [9.17, 15) is 10.1 Å². The number of rotatable bonds is 5. The van der Waals surface area contributed by atoms with Gasteiger partial charge in [-0.1, -0.05) is 31.5 Å². The van der Waals surface area contributed by atoms with Gasteiger partial charge >= 0.3 is 5.69 Å². The summed E-state index contributed by atoms with van der Waals surface area (Å²) < 4.78 is 0. The van der Waals surface area contributed by atoms with Gasteiger partial charge in [0.25, 0.3) is 0 Å². The Kier molecular flexibility index (Phi) is 4.83. The first-order valence-corrected chi connectivity index (χ1v) is 7.38. The number of benzene rings is 1. The van der Waals surface area contributed by atoms with Gasteiger partial charge in [-0.2, -0.15) is 0 Å². The Morgan fingerprint density at radius 1 is 1.45 bits per heavy atom. The van der Waals surface area contributed by atoms with E-state index in [1.807, 2.05) is 0 Å². The third kappa shape index (κ3) is 2.88. The second-order valence-corrected chi connectivity index (χ2v) is 5.38. The van der Waals surface area contributed by atoms with Crippen LogP contribution in [0.2, 0.25) is 5.02 Å². The monoisotopic (exact) mass is 297 g/mol. The summed E-state index contributed by atoms with van der Waals surface area (Å²) in [5.41, 5.74) is 0.659. The molecule has 1 aliphatic heterocycles. The molecule has 1 saturated heterocycles. The van der Waals surface area contributed by atoms with Gasteiger partial charge in [0.2, 0.25) is 0 Å². The number of hydrogen-bond donors (Lipinski definition) is 0. The lowest BCUT2D eigenvalue weighted by molar-refractivity contribution is -0.384. The van der Waals surface area contributed by atoms with Crippen LogP contribution in [0.1, 0.15) is 20.3 Å². The molecule has 0 aromatic heterocycles. The summed E-state index contributed by atoms with van der Waals surface area (Å²) >= 11 is 5.98. The highest BCUT2D eigenvalue weighted by molar-refractivity contribution is 6.33. The van der Waals surface area contributed by atoms with Gasteiger partial charge in [-0.15, -0.1) is 0 Å². The molecule has 0 aliphatic carbocycles. The fraction of sp³-hybridized carbons (Fsp3) is 0.571. The van der Waals surface area contributed by atoms with E-state index in [4.69, 9.17) is 11.6 Å². The van der Waals surface area contributed by atoms with Gasteiger partial charge in [-0.05, 0) is 31.6 Å².